The second-order valence-electron chi connectivity index (χ2n) is 4.95. The summed E-state index contributed by atoms with van der Waals surface area (Å²) < 4.78 is 9.96. The molecule has 0 aromatic carbocycles. The number of carbonyl (C=O) groups is 2. The van der Waals surface area contributed by atoms with Gasteiger partial charge in [-0.15, -0.1) is 1.43 Å². The molecule has 1 heterocycles. The first kappa shape index (κ1) is 19.8. The molecule has 0 aromatic heterocycles. The first-order valence-corrected chi connectivity index (χ1v) is 6.74. The third-order valence-corrected chi connectivity index (χ3v) is 3.60. The quantitative estimate of drug-likeness (QED) is 0.688. The lowest BCUT2D eigenvalue weighted by Crippen LogP contribution is -2.42. The maximum Gasteiger partial charge on any atom is 0.219 e. The zero-order valence-corrected chi connectivity index (χ0v) is 13.2. The number of hydrogen-bond acceptors (Lipinski definition) is 5. The van der Waals surface area contributed by atoms with Gasteiger partial charge in [0.15, 0.2) is 0 Å². The molecule has 1 fully saturated rings. The molecule has 0 radical (unpaired) electrons. The molecule has 21 heavy (non-hydrogen) atoms. The maximum absolute atomic E-state index is 11.6. The zero-order valence-electron chi connectivity index (χ0n) is 14.2. The van der Waals surface area contributed by atoms with Gasteiger partial charge in [-0.3, -0.25) is 19.2 Å². The SMILES string of the molecule is CC(=O)N(C)CCN(CCN1CCOC1C)C(C)=O.F.[3H][O-]. The van der Waals surface area contributed by atoms with Gasteiger partial charge in [0.05, 0.1) is 6.61 Å². The molecule has 2 amide bonds. The van der Waals surface area contributed by atoms with Crippen LogP contribution in [-0.2, 0) is 14.3 Å². The molecule has 0 bridgehead atoms. The Hall–Kier alpha value is -1.25. The first-order chi connectivity index (χ1) is 9.91. The van der Waals surface area contributed by atoms with Crippen LogP contribution in [0.3, 0.4) is 0 Å². The normalized spacial score (nSPS) is 18.0. The van der Waals surface area contributed by atoms with Crippen molar-refractivity contribution in [1.29, 1.82) is 0 Å². The molecular formula is C13H27FN3O4-. The van der Waals surface area contributed by atoms with Crippen molar-refractivity contribution < 1.29 is 25.9 Å². The van der Waals surface area contributed by atoms with E-state index in [1.807, 2.05) is 6.92 Å². The topological polar surface area (TPSA) is 83.1 Å². The number of carbonyl (C=O) groups excluding carboxylic acids is 2. The molecule has 1 aliphatic rings. The van der Waals surface area contributed by atoms with Gasteiger partial charge in [-0.05, 0) is 6.92 Å². The Morgan fingerprint density at radius 2 is 1.90 bits per heavy atom. The van der Waals surface area contributed by atoms with E-state index in [-0.39, 0.29) is 22.7 Å². The van der Waals surface area contributed by atoms with Gasteiger partial charge in [-0.2, -0.15) is 0 Å². The van der Waals surface area contributed by atoms with E-state index in [9.17, 15) is 9.59 Å². The Bertz CT molecular complexity index is 336. The monoisotopic (exact) mass is 310 g/mol. The number of hydrogen-bond donors (Lipinski definition) is 0. The van der Waals surface area contributed by atoms with E-state index in [1.54, 1.807) is 23.8 Å². The average molecular weight is 310 g/mol. The van der Waals surface area contributed by atoms with Crippen LogP contribution in [0.25, 0.3) is 0 Å². The van der Waals surface area contributed by atoms with Gasteiger partial charge < -0.3 is 20.0 Å². The Morgan fingerprint density at radius 1 is 1.29 bits per heavy atom. The van der Waals surface area contributed by atoms with Crippen molar-refractivity contribution in [3.8, 4) is 0 Å². The Labute approximate surface area is 127 Å². The molecule has 1 N–H and O–H groups in total. The van der Waals surface area contributed by atoms with Gasteiger partial charge in [-0.1, -0.05) is 0 Å². The minimum Gasteiger partial charge on any atom is -0.870 e. The van der Waals surface area contributed by atoms with Gasteiger partial charge in [-0.25, -0.2) is 0 Å². The smallest absolute Gasteiger partial charge is 0.219 e. The minimum absolute atomic E-state index is 0. The number of rotatable bonds is 6. The molecular weight excluding hydrogens is 281 g/mol. The highest BCUT2D eigenvalue weighted by Gasteiger charge is 2.21. The third kappa shape index (κ3) is 7.35. The second-order valence-corrected chi connectivity index (χ2v) is 4.95. The van der Waals surface area contributed by atoms with Crippen molar-refractivity contribution in [2.45, 2.75) is 27.0 Å². The molecule has 8 heteroatoms. The maximum atomic E-state index is 11.6. The Kier molecular flexibility index (Phi) is 9.85. The van der Waals surface area contributed by atoms with Crippen LogP contribution in [0, 0.1) is 0 Å². The fourth-order valence-corrected chi connectivity index (χ4v) is 2.03. The predicted octanol–water partition coefficient (Wildman–Crippen LogP) is -0.0329. The Morgan fingerprint density at radius 3 is 2.33 bits per heavy atom. The molecule has 1 rings (SSSR count). The van der Waals surface area contributed by atoms with Gasteiger partial charge >= 0.3 is 0 Å². The molecule has 7 nitrogen and oxygen atoms in total. The van der Waals surface area contributed by atoms with Crippen LogP contribution in [0.5, 0.6) is 0 Å². The highest BCUT2D eigenvalue weighted by molar-refractivity contribution is 5.74. The number of halogens is 1. The number of likely N-dealkylation sites (N-methyl/N-ethyl adjacent to an activating group) is 1. The summed E-state index contributed by atoms with van der Waals surface area (Å²) in [6.45, 7) is 9.43. The second kappa shape index (κ2) is 10.5. The first-order valence-electron chi connectivity index (χ1n) is 7.15. The number of amides is 2. The van der Waals surface area contributed by atoms with E-state index in [0.29, 0.717) is 19.6 Å². The molecule has 1 aliphatic heterocycles. The molecule has 0 aromatic rings. The van der Waals surface area contributed by atoms with Crippen molar-refractivity contribution in [2.24, 2.45) is 0 Å². The number of nitrogens with zero attached hydrogens (tertiary/aromatic N) is 3. The summed E-state index contributed by atoms with van der Waals surface area (Å²) >= 11 is 0. The van der Waals surface area contributed by atoms with Crippen LogP contribution in [-0.4, -0.2) is 84.6 Å². The van der Waals surface area contributed by atoms with Crippen LogP contribution in [0.1, 0.15) is 22.2 Å². The summed E-state index contributed by atoms with van der Waals surface area (Å²) in [5.41, 5.74) is 7.50. The fourth-order valence-electron chi connectivity index (χ4n) is 2.03. The highest BCUT2D eigenvalue weighted by atomic mass is 19.0. The largest absolute Gasteiger partial charge is 0.870 e. The van der Waals surface area contributed by atoms with Crippen LogP contribution in [0.4, 0.5) is 4.70 Å². The van der Waals surface area contributed by atoms with Crippen LogP contribution >= 0.6 is 0 Å². The summed E-state index contributed by atoms with van der Waals surface area (Å²) in [4.78, 5) is 28.3. The standard InChI is InChI=1S/C13H25N3O3.FH.H2O/c1-11(17)14(4)5-6-15(12(2)18)7-8-16-9-10-19-13(16)3;;/h13H,5-10H2,1-4H3;1H;1H2/p-1/i/hT. The predicted molar refractivity (Wildman–Crippen MR) is 77.0 cm³/mol. The molecule has 1 atom stereocenters. The number of ether oxygens (including phenoxy) is 1. The lowest BCUT2D eigenvalue weighted by molar-refractivity contribution is -0.132. The van der Waals surface area contributed by atoms with Crippen LogP contribution in [0.15, 0.2) is 0 Å². The molecule has 0 saturated carbocycles. The fraction of sp³-hybridized carbons (Fsp3) is 0.846. The average Bonchev–Trinajstić information content (AvgIpc) is 2.85. The van der Waals surface area contributed by atoms with Crippen LogP contribution in [0.2, 0.25) is 0 Å². The molecule has 0 aliphatic carbocycles. The van der Waals surface area contributed by atoms with Crippen molar-refractivity contribution in [2.75, 3.05) is 46.4 Å². The van der Waals surface area contributed by atoms with Crippen molar-refractivity contribution in [3.63, 3.8) is 0 Å². The summed E-state index contributed by atoms with van der Waals surface area (Å²) in [6.07, 6.45) is 0.133. The summed E-state index contributed by atoms with van der Waals surface area (Å²) in [5, 5.41) is 0. The van der Waals surface area contributed by atoms with Crippen LogP contribution < -0.4 is 0 Å². The van der Waals surface area contributed by atoms with E-state index >= 15 is 0 Å². The van der Waals surface area contributed by atoms with Gasteiger partial charge in [0, 0.05) is 53.6 Å². The molecule has 126 valence electrons. The van der Waals surface area contributed by atoms with Gasteiger partial charge in [0.25, 0.3) is 0 Å². The van der Waals surface area contributed by atoms with E-state index in [0.717, 1.165) is 19.7 Å². The summed E-state index contributed by atoms with van der Waals surface area (Å²) in [5.74, 6) is 0.0646. The lowest BCUT2D eigenvalue weighted by atomic mass is 10.4. The molecule has 1 unspecified atom stereocenters. The van der Waals surface area contributed by atoms with E-state index in [1.165, 1.54) is 6.92 Å². The Balaban J connectivity index is 0. The molecule has 1 saturated heterocycles. The van der Waals surface area contributed by atoms with Crippen molar-refractivity contribution in [3.05, 3.63) is 0 Å². The van der Waals surface area contributed by atoms with Gasteiger partial charge in [0.1, 0.15) is 6.23 Å². The van der Waals surface area contributed by atoms with E-state index in [4.69, 9.17) is 10.2 Å². The molecule has 0 spiro atoms. The van der Waals surface area contributed by atoms with E-state index < -0.39 is 0 Å². The lowest BCUT2D eigenvalue weighted by Gasteiger charge is -2.27. The van der Waals surface area contributed by atoms with Crippen molar-refractivity contribution in [1.82, 2.24) is 14.7 Å². The van der Waals surface area contributed by atoms with Crippen molar-refractivity contribution >= 4 is 11.8 Å². The third-order valence-electron chi connectivity index (χ3n) is 3.60. The zero-order chi connectivity index (χ0) is 16.4. The highest BCUT2D eigenvalue weighted by Crippen LogP contribution is 2.08. The summed E-state index contributed by atoms with van der Waals surface area (Å²) in [6, 6.07) is 0. The van der Waals surface area contributed by atoms with E-state index in [2.05, 4.69) is 6.33 Å². The summed E-state index contributed by atoms with van der Waals surface area (Å²) in [7, 11) is 1.75. The van der Waals surface area contributed by atoms with Gasteiger partial charge in [0.2, 0.25) is 11.8 Å². The minimum atomic E-state index is 0.